The summed E-state index contributed by atoms with van der Waals surface area (Å²) in [4.78, 5) is 4.70. The molecule has 0 amide bonds. The second kappa shape index (κ2) is 9.38. The van der Waals surface area contributed by atoms with Gasteiger partial charge in [-0.05, 0) is 48.7 Å². The minimum Gasteiger partial charge on any atom is -0.477 e. The highest BCUT2D eigenvalue weighted by atomic mass is 32.2. The monoisotopic (exact) mass is 426 g/mol. The summed E-state index contributed by atoms with van der Waals surface area (Å²) in [5, 5.41) is 15.3. The highest BCUT2D eigenvalue weighted by molar-refractivity contribution is 7.89. The number of primary sulfonamides is 1. The molecule has 0 fully saturated rings. The van der Waals surface area contributed by atoms with Crippen LogP contribution in [0.4, 0.5) is 0 Å². The van der Waals surface area contributed by atoms with Gasteiger partial charge in [0.25, 0.3) is 0 Å². The Morgan fingerprint density at radius 3 is 2.40 bits per heavy atom. The number of nitrogens with zero attached hydrogens (tertiary/aromatic N) is 1. The number of nitrogens with two attached hydrogens (primary N) is 1. The molecule has 2 aromatic carbocycles. The van der Waals surface area contributed by atoms with Gasteiger partial charge < -0.3 is 9.84 Å². The van der Waals surface area contributed by atoms with Gasteiger partial charge >= 0.3 is 0 Å². The molecule has 0 saturated heterocycles. The van der Waals surface area contributed by atoms with Crippen molar-refractivity contribution in [3.05, 3.63) is 65.7 Å². The van der Waals surface area contributed by atoms with Crippen molar-refractivity contribution in [2.45, 2.75) is 38.2 Å². The van der Waals surface area contributed by atoms with E-state index in [1.165, 1.54) is 12.1 Å². The first-order valence-corrected chi connectivity index (χ1v) is 11.4. The summed E-state index contributed by atoms with van der Waals surface area (Å²) in [6.45, 7) is 4.33. The number of rotatable bonds is 8. The van der Waals surface area contributed by atoms with Gasteiger partial charge in [-0.25, -0.2) is 18.5 Å². The molecule has 1 heterocycles. The smallest absolute Gasteiger partial charge is 0.238 e. The summed E-state index contributed by atoms with van der Waals surface area (Å²) in [5.74, 6) is 0.385. The van der Waals surface area contributed by atoms with E-state index in [9.17, 15) is 13.5 Å². The summed E-state index contributed by atoms with van der Waals surface area (Å²) in [5.41, 5.74) is 4.79. The van der Waals surface area contributed by atoms with Crippen LogP contribution in [0.15, 0.2) is 59.5 Å². The maximum absolute atomic E-state index is 11.6. The van der Waals surface area contributed by atoms with Crippen molar-refractivity contribution < 1.29 is 18.3 Å². The topological polar surface area (TPSA) is 103 Å². The number of sulfonamides is 1. The molecule has 0 bridgehead atoms. The molecule has 0 saturated carbocycles. The molecule has 3 aromatic rings. The molecule has 1 aromatic heterocycles. The lowest BCUT2D eigenvalue weighted by atomic mass is 9.98. The molecular formula is C23H26N2O4S. The third kappa shape index (κ3) is 5.05. The number of hydrogen-bond acceptors (Lipinski definition) is 5. The van der Waals surface area contributed by atoms with Crippen LogP contribution in [-0.2, 0) is 16.6 Å². The molecule has 3 N–H and O–H groups in total. The van der Waals surface area contributed by atoms with Gasteiger partial charge in [0.1, 0.15) is 0 Å². The summed E-state index contributed by atoms with van der Waals surface area (Å²) in [6.07, 6.45) is 1.85. The van der Waals surface area contributed by atoms with Crippen molar-refractivity contribution in [3.8, 4) is 28.3 Å². The van der Waals surface area contributed by atoms with Gasteiger partial charge in [-0.2, -0.15) is 0 Å². The Morgan fingerprint density at radius 2 is 1.80 bits per heavy atom. The maximum Gasteiger partial charge on any atom is 0.238 e. The fourth-order valence-electron chi connectivity index (χ4n) is 3.17. The van der Waals surface area contributed by atoms with Crippen LogP contribution in [0.1, 0.15) is 30.9 Å². The van der Waals surface area contributed by atoms with Gasteiger partial charge in [0.15, 0.2) is 0 Å². The van der Waals surface area contributed by atoms with Crippen molar-refractivity contribution in [3.63, 3.8) is 0 Å². The predicted octanol–water partition coefficient (Wildman–Crippen LogP) is 4.04. The summed E-state index contributed by atoms with van der Waals surface area (Å²) in [6, 6.07) is 16.1. The van der Waals surface area contributed by atoms with E-state index in [-0.39, 0.29) is 11.5 Å². The number of aliphatic hydroxyl groups is 1. The third-order valence-electron chi connectivity index (χ3n) is 4.79. The zero-order valence-corrected chi connectivity index (χ0v) is 17.9. The van der Waals surface area contributed by atoms with Crippen LogP contribution < -0.4 is 9.88 Å². The van der Waals surface area contributed by atoms with Crippen molar-refractivity contribution in [2.75, 3.05) is 6.61 Å². The SMILES string of the molecule is CCCCOc1nc(-c2cccc(C)c2)cc(-c2ccc(S(N)(=O)=O)cc2)c1CO. The number of unbranched alkanes of at least 4 members (excludes halogenated alkanes) is 1. The average molecular weight is 427 g/mol. The van der Waals surface area contributed by atoms with E-state index in [0.29, 0.717) is 23.7 Å². The van der Waals surface area contributed by atoms with E-state index in [1.807, 2.05) is 37.3 Å². The summed E-state index contributed by atoms with van der Waals surface area (Å²) >= 11 is 0. The first kappa shape index (κ1) is 22.0. The van der Waals surface area contributed by atoms with Crippen LogP contribution in [0, 0.1) is 6.92 Å². The lowest BCUT2D eigenvalue weighted by Gasteiger charge is -2.16. The molecule has 0 atom stereocenters. The van der Waals surface area contributed by atoms with Gasteiger partial charge in [-0.15, -0.1) is 0 Å². The van der Waals surface area contributed by atoms with Gasteiger partial charge in [0.05, 0.1) is 23.8 Å². The van der Waals surface area contributed by atoms with Crippen molar-refractivity contribution in [1.82, 2.24) is 4.98 Å². The number of ether oxygens (including phenoxy) is 1. The Morgan fingerprint density at radius 1 is 1.07 bits per heavy atom. The standard InChI is InChI=1S/C23H26N2O4S/c1-3-4-12-29-23-21(15-26)20(17-8-10-19(11-9-17)30(24,27)28)14-22(25-23)18-7-5-6-16(2)13-18/h5-11,13-14,26H,3-4,12,15H2,1-2H3,(H2,24,27,28). The van der Waals surface area contributed by atoms with E-state index in [2.05, 4.69) is 11.9 Å². The highest BCUT2D eigenvalue weighted by Crippen LogP contribution is 2.34. The van der Waals surface area contributed by atoms with Crippen LogP contribution in [0.5, 0.6) is 5.88 Å². The molecule has 30 heavy (non-hydrogen) atoms. The summed E-state index contributed by atoms with van der Waals surface area (Å²) in [7, 11) is -3.78. The number of aromatic nitrogens is 1. The van der Waals surface area contributed by atoms with E-state index in [4.69, 9.17) is 9.88 Å². The lowest BCUT2D eigenvalue weighted by Crippen LogP contribution is -2.11. The molecule has 0 aliphatic heterocycles. The van der Waals surface area contributed by atoms with Crippen molar-refractivity contribution >= 4 is 10.0 Å². The molecule has 0 spiro atoms. The van der Waals surface area contributed by atoms with Crippen LogP contribution >= 0.6 is 0 Å². The van der Waals surface area contributed by atoms with E-state index >= 15 is 0 Å². The third-order valence-corrected chi connectivity index (χ3v) is 5.72. The van der Waals surface area contributed by atoms with Gasteiger partial charge in [-0.1, -0.05) is 49.2 Å². The van der Waals surface area contributed by atoms with E-state index < -0.39 is 10.0 Å². The minimum absolute atomic E-state index is 0.0316. The molecule has 0 aliphatic rings. The Kier molecular flexibility index (Phi) is 6.87. The second-order valence-corrected chi connectivity index (χ2v) is 8.70. The molecular weight excluding hydrogens is 400 g/mol. The Bertz CT molecular complexity index is 1130. The molecule has 0 radical (unpaired) electrons. The second-order valence-electron chi connectivity index (χ2n) is 7.14. The van der Waals surface area contributed by atoms with Crippen LogP contribution in [-0.4, -0.2) is 25.1 Å². The van der Waals surface area contributed by atoms with Crippen LogP contribution in [0.2, 0.25) is 0 Å². The van der Waals surface area contributed by atoms with Gasteiger partial charge in [0, 0.05) is 11.1 Å². The molecule has 158 valence electrons. The van der Waals surface area contributed by atoms with Crippen LogP contribution in [0.3, 0.4) is 0 Å². The summed E-state index contributed by atoms with van der Waals surface area (Å²) < 4.78 is 29.1. The van der Waals surface area contributed by atoms with E-state index in [1.54, 1.807) is 12.1 Å². The fraction of sp³-hybridized carbons (Fsp3) is 0.261. The van der Waals surface area contributed by atoms with E-state index in [0.717, 1.165) is 35.1 Å². The Labute approximate surface area is 177 Å². The van der Waals surface area contributed by atoms with Gasteiger partial charge in [-0.3, -0.25) is 0 Å². The fourth-order valence-corrected chi connectivity index (χ4v) is 3.68. The van der Waals surface area contributed by atoms with Crippen LogP contribution in [0.25, 0.3) is 22.4 Å². The van der Waals surface area contributed by atoms with Crippen molar-refractivity contribution in [1.29, 1.82) is 0 Å². The molecule has 0 aliphatic carbocycles. The molecule has 0 unspecified atom stereocenters. The minimum atomic E-state index is -3.78. The molecule has 6 nitrogen and oxygen atoms in total. The predicted molar refractivity (Wildman–Crippen MR) is 118 cm³/mol. The normalized spacial score (nSPS) is 11.5. The molecule has 7 heteroatoms. The largest absolute Gasteiger partial charge is 0.477 e. The number of aliphatic hydroxyl groups excluding tert-OH is 1. The molecule has 3 rings (SSSR count). The zero-order chi connectivity index (χ0) is 21.7. The quantitative estimate of drug-likeness (QED) is 0.529. The average Bonchev–Trinajstić information content (AvgIpc) is 2.73. The van der Waals surface area contributed by atoms with Gasteiger partial charge in [0.2, 0.25) is 15.9 Å². The number of pyridine rings is 1. The number of benzene rings is 2. The highest BCUT2D eigenvalue weighted by Gasteiger charge is 2.17. The van der Waals surface area contributed by atoms with Crippen molar-refractivity contribution in [2.24, 2.45) is 5.14 Å². The first-order chi connectivity index (χ1) is 14.3. The number of hydrogen-bond donors (Lipinski definition) is 2. The maximum atomic E-state index is 11.6. The lowest BCUT2D eigenvalue weighted by molar-refractivity contribution is 0.256. The zero-order valence-electron chi connectivity index (χ0n) is 17.1. The Hall–Kier alpha value is -2.74. The number of aryl methyl sites for hydroxylation is 1. The Balaban J connectivity index is 2.16. The first-order valence-electron chi connectivity index (χ1n) is 9.81.